The maximum Gasteiger partial charge on any atom is 0.0634 e. The summed E-state index contributed by atoms with van der Waals surface area (Å²) in [5.41, 5.74) is 0.00892. The van der Waals surface area contributed by atoms with Crippen LogP contribution in [0.3, 0.4) is 0 Å². The van der Waals surface area contributed by atoms with Gasteiger partial charge in [0.15, 0.2) is 0 Å². The van der Waals surface area contributed by atoms with E-state index in [0.717, 1.165) is 30.8 Å². The van der Waals surface area contributed by atoms with Crippen molar-refractivity contribution in [2.45, 2.75) is 71.4 Å². The van der Waals surface area contributed by atoms with Crippen molar-refractivity contribution < 1.29 is 4.74 Å². The SMILES string of the molecule is COC(C)(C)CCNC1CCCCC1C(C)C. The Kier molecular flexibility index (Phi) is 5.94. The molecule has 1 fully saturated rings. The first-order chi connectivity index (χ1) is 7.96. The highest BCUT2D eigenvalue weighted by atomic mass is 16.5. The lowest BCUT2D eigenvalue weighted by atomic mass is 9.78. The number of methoxy groups -OCH3 is 1. The average Bonchev–Trinajstić information content (AvgIpc) is 2.29. The van der Waals surface area contributed by atoms with Crippen molar-refractivity contribution in [1.82, 2.24) is 5.32 Å². The summed E-state index contributed by atoms with van der Waals surface area (Å²) in [4.78, 5) is 0. The molecule has 2 atom stereocenters. The maximum absolute atomic E-state index is 5.46. The minimum Gasteiger partial charge on any atom is -0.379 e. The quantitative estimate of drug-likeness (QED) is 0.767. The van der Waals surface area contributed by atoms with Gasteiger partial charge in [-0.3, -0.25) is 0 Å². The molecule has 0 heterocycles. The normalized spacial score (nSPS) is 26.5. The number of hydrogen-bond donors (Lipinski definition) is 1. The van der Waals surface area contributed by atoms with Crippen molar-refractivity contribution >= 4 is 0 Å². The van der Waals surface area contributed by atoms with Gasteiger partial charge in [-0.1, -0.05) is 26.7 Å². The van der Waals surface area contributed by atoms with E-state index in [1.54, 1.807) is 7.11 Å². The van der Waals surface area contributed by atoms with Crippen molar-refractivity contribution in [3.63, 3.8) is 0 Å². The lowest BCUT2D eigenvalue weighted by molar-refractivity contribution is 0.0143. The predicted molar refractivity (Wildman–Crippen MR) is 74.3 cm³/mol. The molecular weight excluding hydrogens is 210 g/mol. The number of rotatable bonds is 6. The van der Waals surface area contributed by atoms with Crippen LogP contribution in [-0.2, 0) is 4.74 Å². The molecule has 17 heavy (non-hydrogen) atoms. The highest BCUT2D eigenvalue weighted by Crippen LogP contribution is 2.30. The molecule has 1 aliphatic rings. The molecule has 1 saturated carbocycles. The average molecular weight is 241 g/mol. The number of ether oxygens (including phenoxy) is 1. The molecule has 0 saturated heterocycles. The van der Waals surface area contributed by atoms with E-state index in [9.17, 15) is 0 Å². The van der Waals surface area contributed by atoms with E-state index < -0.39 is 0 Å². The molecule has 0 aliphatic heterocycles. The van der Waals surface area contributed by atoms with Crippen LogP contribution in [0.2, 0.25) is 0 Å². The second kappa shape index (κ2) is 6.75. The van der Waals surface area contributed by atoms with E-state index in [1.807, 2.05) is 0 Å². The van der Waals surface area contributed by atoms with Crippen LogP contribution < -0.4 is 5.32 Å². The Morgan fingerprint density at radius 1 is 1.24 bits per heavy atom. The molecule has 1 aliphatic carbocycles. The van der Waals surface area contributed by atoms with Crippen LogP contribution in [0.1, 0.15) is 59.8 Å². The van der Waals surface area contributed by atoms with Crippen LogP contribution >= 0.6 is 0 Å². The highest BCUT2D eigenvalue weighted by Gasteiger charge is 2.27. The zero-order valence-corrected chi connectivity index (χ0v) is 12.4. The molecule has 2 nitrogen and oxygen atoms in total. The third-order valence-electron chi connectivity index (χ3n) is 4.36. The smallest absolute Gasteiger partial charge is 0.0634 e. The Morgan fingerprint density at radius 3 is 2.47 bits per heavy atom. The van der Waals surface area contributed by atoms with E-state index in [2.05, 4.69) is 33.0 Å². The fourth-order valence-corrected chi connectivity index (χ4v) is 2.87. The summed E-state index contributed by atoms with van der Waals surface area (Å²) < 4.78 is 5.46. The first-order valence-corrected chi connectivity index (χ1v) is 7.25. The molecule has 0 bridgehead atoms. The Labute approximate surface area is 108 Å². The summed E-state index contributed by atoms with van der Waals surface area (Å²) in [7, 11) is 1.80. The van der Waals surface area contributed by atoms with Gasteiger partial charge < -0.3 is 10.1 Å². The van der Waals surface area contributed by atoms with Gasteiger partial charge in [0.05, 0.1) is 5.60 Å². The molecule has 0 spiro atoms. The summed E-state index contributed by atoms with van der Waals surface area (Å²) in [6.45, 7) is 10.1. The van der Waals surface area contributed by atoms with Gasteiger partial charge in [-0.15, -0.1) is 0 Å². The molecule has 0 radical (unpaired) electrons. The third-order valence-corrected chi connectivity index (χ3v) is 4.36. The summed E-state index contributed by atoms with van der Waals surface area (Å²) >= 11 is 0. The van der Waals surface area contributed by atoms with Crippen LogP contribution in [0.15, 0.2) is 0 Å². The van der Waals surface area contributed by atoms with Gasteiger partial charge in [0.2, 0.25) is 0 Å². The molecular formula is C15H31NO. The van der Waals surface area contributed by atoms with E-state index in [1.165, 1.54) is 25.7 Å². The molecule has 0 amide bonds. The van der Waals surface area contributed by atoms with Crippen LogP contribution in [0.4, 0.5) is 0 Å². The van der Waals surface area contributed by atoms with Crippen molar-refractivity contribution in [3.05, 3.63) is 0 Å². The first kappa shape index (κ1) is 15.0. The molecule has 0 aromatic heterocycles. The predicted octanol–water partition coefficient (Wildman–Crippen LogP) is 3.61. The van der Waals surface area contributed by atoms with Crippen molar-refractivity contribution in [2.24, 2.45) is 11.8 Å². The van der Waals surface area contributed by atoms with E-state index >= 15 is 0 Å². The minimum atomic E-state index is 0.00892. The van der Waals surface area contributed by atoms with E-state index in [4.69, 9.17) is 4.74 Å². The van der Waals surface area contributed by atoms with Crippen molar-refractivity contribution in [2.75, 3.05) is 13.7 Å². The van der Waals surface area contributed by atoms with Crippen molar-refractivity contribution in [3.8, 4) is 0 Å². The zero-order valence-electron chi connectivity index (χ0n) is 12.4. The molecule has 2 unspecified atom stereocenters. The monoisotopic (exact) mass is 241 g/mol. The lowest BCUT2D eigenvalue weighted by Crippen LogP contribution is -2.42. The van der Waals surface area contributed by atoms with Gasteiger partial charge in [-0.25, -0.2) is 0 Å². The Morgan fingerprint density at radius 2 is 1.88 bits per heavy atom. The standard InChI is InChI=1S/C15H31NO/c1-12(2)13-8-6-7-9-14(13)16-11-10-15(3,4)17-5/h12-14,16H,6-11H2,1-5H3. The van der Waals surface area contributed by atoms with Gasteiger partial charge in [-0.2, -0.15) is 0 Å². The van der Waals surface area contributed by atoms with Crippen LogP contribution in [0.5, 0.6) is 0 Å². The molecule has 0 aromatic rings. The topological polar surface area (TPSA) is 21.3 Å². The Balaban J connectivity index is 2.33. The third kappa shape index (κ3) is 4.97. The van der Waals surface area contributed by atoms with Gasteiger partial charge >= 0.3 is 0 Å². The summed E-state index contributed by atoms with van der Waals surface area (Å²) in [6, 6.07) is 0.733. The summed E-state index contributed by atoms with van der Waals surface area (Å²) in [5, 5.41) is 3.76. The van der Waals surface area contributed by atoms with Crippen molar-refractivity contribution in [1.29, 1.82) is 0 Å². The van der Waals surface area contributed by atoms with Crippen LogP contribution in [0.25, 0.3) is 0 Å². The Hall–Kier alpha value is -0.0800. The van der Waals surface area contributed by atoms with Gasteiger partial charge in [0, 0.05) is 13.2 Å². The van der Waals surface area contributed by atoms with Gasteiger partial charge in [-0.05, 0) is 51.5 Å². The summed E-state index contributed by atoms with van der Waals surface area (Å²) in [5.74, 6) is 1.68. The van der Waals surface area contributed by atoms with E-state index in [0.29, 0.717) is 0 Å². The fraction of sp³-hybridized carbons (Fsp3) is 1.00. The zero-order chi connectivity index (χ0) is 12.9. The highest BCUT2D eigenvalue weighted by molar-refractivity contribution is 4.83. The largest absolute Gasteiger partial charge is 0.379 e. The Bertz CT molecular complexity index is 213. The summed E-state index contributed by atoms with van der Waals surface area (Å²) in [6.07, 6.45) is 6.67. The maximum atomic E-state index is 5.46. The molecule has 0 aromatic carbocycles. The number of nitrogens with one attached hydrogen (secondary N) is 1. The molecule has 102 valence electrons. The second-order valence-corrected chi connectivity index (χ2v) is 6.47. The molecule has 1 N–H and O–H groups in total. The van der Waals surface area contributed by atoms with Gasteiger partial charge in [0.1, 0.15) is 0 Å². The first-order valence-electron chi connectivity index (χ1n) is 7.25. The van der Waals surface area contributed by atoms with Gasteiger partial charge in [0.25, 0.3) is 0 Å². The lowest BCUT2D eigenvalue weighted by Gasteiger charge is -2.36. The molecule has 2 heteroatoms. The van der Waals surface area contributed by atoms with E-state index in [-0.39, 0.29) is 5.60 Å². The minimum absolute atomic E-state index is 0.00892. The van der Waals surface area contributed by atoms with Crippen LogP contribution in [-0.4, -0.2) is 25.3 Å². The molecule has 1 rings (SSSR count). The number of hydrogen-bond acceptors (Lipinski definition) is 2. The van der Waals surface area contributed by atoms with Crippen LogP contribution in [0, 0.1) is 11.8 Å². The fourth-order valence-electron chi connectivity index (χ4n) is 2.87. The second-order valence-electron chi connectivity index (χ2n) is 6.47.